The number of hydrogen-bond donors (Lipinski definition) is 1. The quantitative estimate of drug-likeness (QED) is 0.535. The summed E-state index contributed by atoms with van der Waals surface area (Å²) in [6.45, 7) is -0.482. The van der Waals surface area contributed by atoms with Gasteiger partial charge in [0.1, 0.15) is 0 Å². The summed E-state index contributed by atoms with van der Waals surface area (Å²) < 4.78 is 12.0. The molecule has 174 valence electrons. The lowest BCUT2D eigenvalue weighted by Gasteiger charge is -2.57. The third-order valence-corrected chi connectivity index (χ3v) is 9.09. The molecule has 1 heterocycles. The SMILES string of the molecule is O=C(O)COc1c(Cl)cc(C2CCC3(CC2)OOC2(O3)C3CC4CC(C3)CC2C4)cc1Cl. The van der Waals surface area contributed by atoms with E-state index in [4.69, 9.17) is 47.6 Å². The van der Waals surface area contributed by atoms with E-state index >= 15 is 0 Å². The molecule has 4 bridgehead atoms. The van der Waals surface area contributed by atoms with Crippen molar-refractivity contribution < 1.29 is 29.1 Å². The van der Waals surface area contributed by atoms with Gasteiger partial charge in [0, 0.05) is 24.7 Å². The van der Waals surface area contributed by atoms with E-state index in [-0.39, 0.29) is 11.7 Å². The Hall–Kier alpha value is -1.05. The maximum Gasteiger partial charge on any atom is 0.341 e. The van der Waals surface area contributed by atoms with Crippen LogP contribution < -0.4 is 4.74 Å². The number of carboxylic acid groups (broad SMARTS) is 1. The summed E-state index contributed by atoms with van der Waals surface area (Å²) in [6, 6.07) is 3.67. The van der Waals surface area contributed by atoms with Gasteiger partial charge in [-0.15, -0.1) is 0 Å². The highest BCUT2D eigenvalue weighted by molar-refractivity contribution is 6.37. The molecule has 1 aromatic carbocycles. The first-order valence-corrected chi connectivity index (χ1v) is 12.5. The molecule has 8 heteroatoms. The Labute approximate surface area is 197 Å². The Morgan fingerprint density at radius 2 is 1.59 bits per heavy atom. The third-order valence-electron chi connectivity index (χ3n) is 8.52. The fourth-order valence-electron chi connectivity index (χ4n) is 7.27. The molecular formula is C24H28Cl2O6. The summed E-state index contributed by atoms with van der Waals surface area (Å²) in [5, 5.41) is 9.49. The van der Waals surface area contributed by atoms with Crippen molar-refractivity contribution in [2.75, 3.05) is 6.61 Å². The Morgan fingerprint density at radius 3 is 2.16 bits per heavy atom. The molecular weight excluding hydrogens is 455 g/mol. The molecule has 0 unspecified atom stereocenters. The molecule has 5 aliphatic carbocycles. The maximum atomic E-state index is 10.8. The van der Waals surface area contributed by atoms with Crippen LogP contribution in [0.3, 0.4) is 0 Å². The number of halogens is 2. The van der Waals surface area contributed by atoms with Crippen molar-refractivity contribution in [1.29, 1.82) is 0 Å². The molecule has 6 aliphatic rings. The van der Waals surface area contributed by atoms with Crippen LogP contribution in [0.25, 0.3) is 0 Å². The molecule has 0 amide bonds. The van der Waals surface area contributed by atoms with Crippen LogP contribution in [0.2, 0.25) is 10.0 Å². The zero-order valence-corrected chi connectivity index (χ0v) is 19.4. The van der Waals surface area contributed by atoms with E-state index in [2.05, 4.69) is 0 Å². The molecule has 6 fully saturated rings. The molecule has 5 saturated carbocycles. The van der Waals surface area contributed by atoms with Gasteiger partial charge in [-0.05, 0) is 80.4 Å². The Kier molecular flexibility index (Phi) is 5.20. The molecule has 2 spiro atoms. The summed E-state index contributed by atoms with van der Waals surface area (Å²) in [5.41, 5.74) is 1.03. The second kappa shape index (κ2) is 7.74. The van der Waals surface area contributed by atoms with Gasteiger partial charge in [-0.3, -0.25) is 0 Å². The highest BCUT2D eigenvalue weighted by Crippen LogP contribution is 2.64. The van der Waals surface area contributed by atoms with Crippen LogP contribution >= 0.6 is 23.2 Å². The number of rotatable bonds is 4. The summed E-state index contributed by atoms with van der Waals surface area (Å²) >= 11 is 12.7. The zero-order valence-electron chi connectivity index (χ0n) is 17.9. The number of carboxylic acids is 1. The lowest BCUT2D eigenvalue weighted by Crippen LogP contribution is -2.59. The lowest BCUT2D eigenvalue weighted by molar-refractivity contribution is -0.390. The summed E-state index contributed by atoms with van der Waals surface area (Å²) in [4.78, 5) is 22.9. The number of aliphatic carboxylic acids is 1. The van der Waals surface area contributed by atoms with Crippen LogP contribution in [-0.4, -0.2) is 29.3 Å². The van der Waals surface area contributed by atoms with Gasteiger partial charge in [0.25, 0.3) is 0 Å². The molecule has 0 atom stereocenters. The van der Waals surface area contributed by atoms with Crippen LogP contribution in [0.5, 0.6) is 5.75 Å². The van der Waals surface area contributed by atoms with E-state index in [0.29, 0.717) is 21.9 Å². The molecule has 0 radical (unpaired) electrons. The maximum absolute atomic E-state index is 10.8. The highest BCUT2D eigenvalue weighted by Gasteiger charge is 2.66. The minimum Gasteiger partial charge on any atom is -0.479 e. The van der Waals surface area contributed by atoms with Crippen molar-refractivity contribution in [3.63, 3.8) is 0 Å². The molecule has 6 nitrogen and oxygen atoms in total. The van der Waals surface area contributed by atoms with Gasteiger partial charge in [0.2, 0.25) is 11.6 Å². The second-order valence-electron chi connectivity index (χ2n) is 10.5. The first-order valence-electron chi connectivity index (χ1n) is 11.8. The average Bonchev–Trinajstić information content (AvgIpc) is 3.11. The normalized spacial score (nSPS) is 42.1. The van der Waals surface area contributed by atoms with Gasteiger partial charge in [0.15, 0.2) is 12.4 Å². The van der Waals surface area contributed by atoms with Gasteiger partial charge in [-0.1, -0.05) is 23.2 Å². The lowest BCUT2D eigenvalue weighted by atomic mass is 9.53. The second-order valence-corrected chi connectivity index (χ2v) is 11.3. The van der Waals surface area contributed by atoms with E-state index < -0.39 is 24.2 Å². The molecule has 1 saturated heterocycles. The van der Waals surface area contributed by atoms with E-state index in [1.165, 1.54) is 32.1 Å². The highest BCUT2D eigenvalue weighted by atomic mass is 35.5. The third kappa shape index (κ3) is 3.45. The van der Waals surface area contributed by atoms with E-state index in [0.717, 1.165) is 43.1 Å². The molecule has 1 N–H and O–H groups in total. The summed E-state index contributed by atoms with van der Waals surface area (Å²) in [7, 11) is 0. The molecule has 0 aromatic heterocycles. The predicted octanol–water partition coefficient (Wildman–Crippen LogP) is 5.94. The van der Waals surface area contributed by atoms with Crippen LogP contribution in [0.4, 0.5) is 0 Å². The van der Waals surface area contributed by atoms with E-state index in [9.17, 15) is 4.79 Å². The molecule has 32 heavy (non-hydrogen) atoms. The van der Waals surface area contributed by atoms with Crippen LogP contribution in [0, 0.1) is 23.7 Å². The van der Waals surface area contributed by atoms with E-state index in [1.54, 1.807) is 0 Å². The number of benzene rings is 1. The van der Waals surface area contributed by atoms with E-state index in [1.807, 2.05) is 12.1 Å². The number of hydrogen-bond acceptors (Lipinski definition) is 5. The van der Waals surface area contributed by atoms with Gasteiger partial charge in [0.05, 0.1) is 10.0 Å². The van der Waals surface area contributed by atoms with Gasteiger partial charge in [-0.25, -0.2) is 4.79 Å². The summed E-state index contributed by atoms with van der Waals surface area (Å²) in [6.07, 6.45) is 9.51. The van der Waals surface area contributed by atoms with Crippen molar-refractivity contribution in [1.82, 2.24) is 0 Å². The van der Waals surface area contributed by atoms with Crippen molar-refractivity contribution in [2.24, 2.45) is 23.7 Å². The standard InChI is InChI=1S/C24H28Cl2O6/c25-19-10-16(11-20(26)22(19)29-12-21(27)28)15-1-3-23(4-2-15)30-24(32-31-23)17-6-13-5-14(8-17)9-18(24)7-13/h10-11,13-15,17-18H,1-9,12H2,(H,27,28). The van der Waals surface area contributed by atoms with Crippen molar-refractivity contribution in [2.45, 2.75) is 75.3 Å². The van der Waals surface area contributed by atoms with Crippen LogP contribution in [0.15, 0.2) is 12.1 Å². The Balaban J connectivity index is 1.14. The minimum absolute atomic E-state index is 0.214. The van der Waals surface area contributed by atoms with Crippen LogP contribution in [0.1, 0.15) is 69.3 Å². The number of ether oxygens (including phenoxy) is 2. The average molecular weight is 483 g/mol. The zero-order chi connectivity index (χ0) is 22.1. The van der Waals surface area contributed by atoms with Crippen molar-refractivity contribution >= 4 is 29.2 Å². The topological polar surface area (TPSA) is 74.2 Å². The van der Waals surface area contributed by atoms with Crippen LogP contribution in [-0.2, 0) is 19.3 Å². The fourth-order valence-corrected chi connectivity index (χ4v) is 7.89. The first kappa shape index (κ1) is 21.5. The number of carbonyl (C=O) groups is 1. The van der Waals surface area contributed by atoms with Gasteiger partial charge >= 0.3 is 5.97 Å². The van der Waals surface area contributed by atoms with Crippen molar-refractivity contribution in [3.05, 3.63) is 27.7 Å². The van der Waals surface area contributed by atoms with Gasteiger partial charge < -0.3 is 14.6 Å². The Bertz CT molecular complexity index is 874. The van der Waals surface area contributed by atoms with Gasteiger partial charge in [-0.2, -0.15) is 9.78 Å². The summed E-state index contributed by atoms with van der Waals surface area (Å²) in [5.74, 6) is 0.852. The predicted molar refractivity (Wildman–Crippen MR) is 117 cm³/mol. The van der Waals surface area contributed by atoms with Crippen molar-refractivity contribution in [3.8, 4) is 5.75 Å². The molecule has 7 rings (SSSR count). The minimum atomic E-state index is -1.07. The monoisotopic (exact) mass is 482 g/mol. The smallest absolute Gasteiger partial charge is 0.341 e. The Morgan fingerprint density at radius 1 is 1.00 bits per heavy atom. The largest absolute Gasteiger partial charge is 0.479 e. The first-order chi connectivity index (χ1) is 15.4. The fraction of sp³-hybridized carbons (Fsp3) is 0.708. The molecule has 1 aliphatic heterocycles. The molecule has 1 aromatic rings.